The Morgan fingerprint density at radius 3 is 1.72 bits per heavy atom. The van der Waals surface area contributed by atoms with Crippen molar-refractivity contribution in [2.75, 3.05) is 13.2 Å². The Labute approximate surface area is 260 Å². The fraction of sp³-hybridized carbons (Fsp3) is 0.970. The Kier molecular flexibility index (Phi) is 23.7. The third kappa shape index (κ3) is 17.4. The van der Waals surface area contributed by atoms with Crippen LogP contribution in [0.25, 0.3) is 0 Å². The zero-order valence-corrected chi connectivity index (χ0v) is 27.1. The largest absolute Gasteiger partial charge is 0.394 e. The van der Waals surface area contributed by atoms with Gasteiger partial charge in [-0.15, -0.1) is 0 Å². The summed E-state index contributed by atoms with van der Waals surface area (Å²) < 4.78 is 11.0. The number of amides is 1. The van der Waals surface area contributed by atoms with Crippen molar-refractivity contribution in [3.05, 3.63) is 0 Å². The summed E-state index contributed by atoms with van der Waals surface area (Å²) in [7, 11) is 0. The van der Waals surface area contributed by atoms with Gasteiger partial charge in [0.1, 0.15) is 30.5 Å². The summed E-state index contributed by atoms with van der Waals surface area (Å²) in [6.07, 6.45) is 11.4. The van der Waals surface area contributed by atoms with Crippen molar-refractivity contribution >= 4 is 5.91 Å². The highest BCUT2D eigenvalue weighted by Crippen LogP contribution is 2.23. The molecule has 1 fully saturated rings. The minimum atomic E-state index is -1.60. The molecule has 256 valence electrons. The van der Waals surface area contributed by atoms with Crippen LogP contribution in [0, 0.1) is 0 Å². The van der Waals surface area contributed by atoms with Gasteiger partial charge in [-0.2, -0.15) is 0 Å². The molecule has 0 aromatic rings. The summed E-state index contributed by atoms with van der Waals surface area (Å²) in [5.41, 5.74) is 0. The van der Waals surface area contributed by atoms with Crippen LogP contribution in [0.1, 0.15) is 142 Å². The van der Waals surface area contributed by atoms with Crippen molar-refractivity contribution < 1.29 is 44.9 Å². The smallest absolute Gasteiger partial charge is 0.220 e. The molecule has 0 bridgehead atoms. The molecule has 0 aromatic carbocycles. The van der Waals surface area contributed by atoms with Gasteiger partial charge in [0.15, 0.2) is 6.29 Å². The molecule has 1 rings (SSSR count). The van der Waals surface area contributed by atoms with Gasteiger partial charge >= 0.3 is 0 Å². The zero-order valence-electron chi connectivity index (χ0n) is 27.1. The fourth-order valence-electron chi connectivity index (χ4n) is 5.61. The average Bonchev–Trinajstić information content (AvgIpc) is 3.00. The molecule has 2 unspecified atom stereocenters. The normalized spacial score (nSPS) is 24.5. The first-order chi connectivity index (χ1) is 20.8. The number of nitrogens with one attached hydrogen (secondary N) is 1. The highest BCUT2D eigenvalue weighted by Gasteiger charge is 2.44. The fourth-order valence-corrected chi connectivity index (χ4v) is 5.61. The number of rotatable bonds is 27. The van der Waals surface area contributed by atoms with E-state index < -0.39 is 55.6 Å². The first-order valence-electron chi connectivity index (χ1n) is 17.3. The Morgan fingerprint density at radius 1 is 0.721 bits per heavy atom. The highest BCUT2D eigenvalue weighted by molar-refractivity contribution is 5.76. The van der Waals surface area contributed by atoms with E-state index in [0.29, 0.717) is 6.42 Å². The second-order valence-electron chi connectivity index (χ2n) is 12.5. The quantitative estimate of drug-likeness (QED) is 0.0675. The first-order valence-corrected chi connectivity index (χ1v) is 17.3. The number of ether oxygens (including phenoxy) is 2. The second-order valence-corrected chi connectivity index (χ2v) is 12.5. The van der Waals surface area contributed by atoms with E-state index in [2.05, 4.69) is 19.2 Å². The first kappa shape index (κ1) is 40.2. The van der Waals surface area contributed by atoms with Crippen LogP contribution < -0.4 is 5.32 Å². The molecule has 0 radical (unpaired) electrons. The molecule has 1 amide bonds. The molecule has 0 saturated carbocycles. The molecular weight excluding hydrogens is 554 g/mol. The van der Waals surface area contributed by atoms with Gasteiger partial charge in [-0.1, -0.05) is 123 Å². The van der Waals surface area contributed by atoms with Crippen LogP contribution in [0.5, 0.6) is 0 Å². The number of hydrogen-bond donors (Lipinski definition) is 7. The van der Waals surface area contributed by atoms with E-state index in [1.54, 1.807) is 0 Å². The molecule has 1 aliphatic heterocycles. The van der Waals surface area contributed by atoms with Gasteiger partial charge in [0.25, 0.3) is 0 Å². The zero-order chi connectivity index (χ0) is 31.9. The van der Waals surface area contributed by atoms with Crippen molar-refractivity contribution in [2.45, 2.75) is 191 Å². The summed E-state index contributed by atoms with van der Waals surface area (Å²) in [5, 5.41) is 64.4. The van der Waals surface area contributed by atoms with Gasteiger partial charge in [-0.25, -0.2) is 0 Å². The third-order valence-corrected chi connectivity index (χ3v) is 8.55. The predicted molar refractivity (Wildman–Crippen MR) is 167 cm³/mol. The van der Waals surface area contributed by atoms with Crippen LogP contribution in [0.2, 0.25) is 0 Å². The minimum absolute atomic E-state index is 0.264. The predicted octanol–water partition coefficient (Wildman–Crippen LogP) is 3.85. The van der Waals surface area contributed by atoms with Crippen LogP contribution in [-0.2, 0) is 14.3 Å². The Hall–Kier alpha value is -0.850. The number of carbonyl (C=O) groups is 1. The monoisotopic (exact) mass is 619 g/mol. The van der Waals surface area contributed by atoms with Gasteiger partial charge in [0.05, 0.1) is 25.4 Å². The van der Waals surface area contributed by atoms with Crippen molar-refractivity contribution in [3.63, 3.8) is 0 Å². The van der Waals surface area contributed by atoms with Crippen LogP contribution in [-0.4, -0.2) is 98.7 Å². The Balaban J connectivity index is 2.57. The SMILES string of the molecule is CCCCCCCCCCCC(=O)N[C@@H](CO[C@@H]1O[C@H](CO)[C@H](O)C(O)C1O)[C@H](O)[C@H](O)CCCCCCCCCCC. The maximum atomic E-state index is 12.8. The molecule has 7 N–H and O–H groups in total. The summed E-state index contributed by atoms with van der Waals surface area (Å²) >= 11 is 0. The number of unbranched alkanes of at least 4 members (excludes halogenated alkanes) is 16. The number of carbonyl (C=O) groups excluding carboxylic acids is 1. The molecule has 8 atom stereocenters. The molecule has 0 aliphatic carbocycles. The number of aliphatic hydroxyl groups excluding tert-OH is 6. The molecule has 10 heteroatoms. The van der Waals surface area contributed by atoms with Crippen molar-refractivity contribution in [3.8, 4) is 0 Å². The van der Waals surface area contributed by atoms with Gasteiger partial charge in [-0.3, -0.25) is 4.79 Å². The Morgan fingerprint density at radius 2 is 1.21 bits per heavy atom. The molecule has 10 nitrogen and oxygen atoms in total. The van der Waals surface area contributed by atoms with Gasteiger partial charge < -0.3 is 45.4 Å². The third-order valence-electron chi connectivity index (χ3n) is 8.55. The molecule has 1 heterocycles. The number of aliphatic hydroxyl groups is 6. The molecule has 0 spiro atoms. The van der Waals surface area contributed by atoms with Crippen LogP contribution in [0.4, 0.5) is 0 Å². The van der Waals surface area contributed by atoms with Crippen molar-refractivity contribution in [2.24, 2.45) is 0 Å². The second kappa shape index (κ2) is 25.4. The summed E-state index contributed by atoms with van der Waals surface area (Å²) in [6, 6.07) is -0.980. The minimum Gasteiger partial charge on any atom is -0.394 e. The van der Waals surface area contributed by atoms with E-state index >= 15 is 0 Å². The van der Waals surface area contributed by atoms with Crippen molar-refractivity contribution in [1.29, 1.82) is 0 Å². The van der Waals surface area contributed by atoms with E-state index in [-0.39, 0.29) is 18.9 Å². The molecule has 1 saturated heterocycles. The topological polar surface area (TPSA) is 169 Å². The van der Waals surface area contributed by atoms with E-state index in [1.165, 1.54) is 64.2 Å². The summed E-state index contributed by atoms with van der Waals surface area (Å²) in [5.74, 6) is -0.264. The van der Waals surface area contributed by atoms with Crippen LogP contribution >= 0.6 is 0 Å². The lowest BCUT2D eigenvalue weighted by Crippen LogP contribution is -2.60. The van der Waals surface area contributed by atoms with E-state index in [9.17, 15) is 35.4 Å². The van der Waals surface area contributed by atoms with Crippen LogP contribution in [0.3, 0.4) is 0 Å². The standard InChI is InChI=1S/C33H65NO9/c1-3-5-7-9-11-13-15-17-19-21-26(36)29(38)25(24-42-33-32(41)31(40)30(39)27(23-35)43-33)34-28(37)22-20-18-16-14-12-10-8-6-4-2/h25-27,29-33,35-36,38-41H,3-24H2,1-2H3,(H,34,37)/t25-,26+,27+,29-,30-,31?,32?,33+/m0/s1. The van der Waals surface area contributed by atoms with Crippen molar-refractivity contribution in [1.82, 2.24) is 5.32 Å². The Bertz CT molecular complexity index is 668. The lowest BCUT2D eigenvalue weighted by atomic mass is 9.98. The van der Waals surface area contributed by atoms with Gasteiger partial charge in [0, 0.05) is 6.42 Å². The molecular formula is C33H65NO9. The highest BCUT2D eigenvalue weighted by atomic mass is 16.7. The molecule has 1 aliphatic rings. The number of hydrogen-bond acceptors (Lipinski definition) is 9. The average molecular weight is 620 g/mol. The van der Waals surface area contributed by atoms with E-state index in [4.69, 9.17) is 9.47 Å². The summed E-state index contributed by atoms with van der Waals surface area (Å²) in [6.45, 7) is 3.51. The van der Waals surface area contributed by atoms with Crippen LogP contribution in [0.15, 0.2) is 0 Å². The van der Waals surface area contributed by atoms with E-state index in [1.807, 2.05) is 0 Å². The molecule has 0 aromatic heterocycles. The maximum Gasteiger partial charge on any atom is 0.220 e. The lowest BCUT2D eigenvalue weighted by molar-refractivity contribution is -0.303. The van der Waals surface area contributed by atoms with Gasteiger partial charge in [0.2, 0.25) is 5.91 Å². The van der Waals surface area contributed by atoms with E-state index in [0.717, 1.165) is 51.4 Å². The lowest BCUT2D eigenvalue weighted by Gasteiger charge is -2.40. The van der Waals surface area contributed by atoms with Gasteiger partial charge in [-0.05, 0) is 12.8 Å². The summed E-state index contributed by atoms with van der Waals surface area (Å²) in [4.78, 5) is 12.8. The molecule has 43 heavy (non-hydrogen) atoms. The maximum absolute atomic E-state index is 12.8.